The maximum atomic E-state index is 10.9. The lowest BCUT2D eigenvalue weighted by Crippen LogP contribution is -2.34. The average molecular weight is 298 g/mol. The Bertz CT molecular complexity index is 654. The lowest BCUT2D eigenvalue weighted by Gasteiger charge is -2.32. The van der Waals surface area contributed by atoms with Crippen LogP contribution in [-0.4, -0.2) is 15.8 Å². The van der Waals surface area contributed by atoms with Crippen molar-refractivity contribution in [3.8, 4) is 11.8 Å². The third-order valence-electron chi connectivity index (χ3n) is 4.46. The smallest absolute Gasteiger partial charge is 0.109 e. The molecule has 1 aliphatic rings. The van der Waals surface area contributed by atoms with Crippen LogP contribution in [-0.2, 0) is 0 Å². The highest BCUT2D eigenvalue weighted by Gasteiger charge is 2.34. The Kier molecular flexibility index (Phi) is 4.80. The molecule has 0 fully saturated rings. The number of aliphatic hydroxyl groups is 2. The van der Waals surface area contributed by atoms with Gasteiger partial charge in [0.15, 0.2) is 0 Å². The molecule has 2 N–H and O–H groups in total. The van der Waals surface area contributed by atoms with E-state index in [0.29, 0.717) is 12.8 Å². The molecular weight excluding hydrogens is 272 g/mol. The molecule has 1 aliphatic carbocycles. The van der Waals surface area contributed by atoms with Gasteiger partial charge in [-0.25, -0.2) is 0 Å². The summed E-state index contributed by atoms with van der Waals surface area (Å²) < 4.78 is 0. The molecule has 0 bridgehead atoms. The lowest BCUT2D eigenvalue weighted by atomic mass is 9.80. The Hall–Kier alpha value is -1.56. The Morgan fingerprint density at radius 2 is 1.91 bits per heavy atom. The van der Waals surface area contributed by atoms with Crippen LogP contribution in [0.5, 0.6) is 0 Å². The summed E-state index contributed by atoms with van der Waals surface area (Å²) >= 11 is 0. The van der Waals surface area contributed by atoms with Crippen LogP contribution in [0.4, 0.5) is 0 Å². The first-order chi connectivity index (χ1) is 10.2. The molecular formula is C20H26O2. The van der Waals surface area contributed by atoms with E-state index in [0.717, 1.165) is 27.8 Å². The summed E-state index contributed by atoms with van der Waals surface area (Å²) in [5.41, 5.74) is 3.59. The monoisotopic (exact) mass is 298 g/mol. The van der Waals surface area contributed by atoms with Crippen LogP contribution in [0.2, 0.25) is 0 Å². The first-order valence-electron chi connectivity index (χ1n) is 7.96. The van der Waals surface area contributed by atoms with Crippen molar-refractivity contribution in [1.29, 1.82) is 0 Å². The van der Waals surface area contributed by atoms with Crippen molar-refractivity contribution in [1.82, 2.24) is 0 Å². The zero-order valence-electron chi connectivity index (χ0n) is 14.2. The van der Waals surface area contributed by atoms with E-state index in [-0.39, 0.29) is 5.92 Å². The first-order valence-corrected chi connectivity index (χ1v) is 7.96. The number of aliphatic hydroxyl groups excluding tert-OH is 1. The SMILES string of the molecule is C/C1=C/CC[C@@](C)(O)[C@H](O)c2c(C(C)C)ccc(C)c2C#C1. The van der Waals surface area contributed by atoms with Gasteiger partial charge in [-0.2, -0.15) is 0 Å². The van der Waals surface area contributed by atoms with Crippen molar-refractivity contribution in [2.45, 2.75) is 65.1 Å². The molecule has 0 radical (unpaired) electrons. The maximum absolute atomic E-state index is 10.9. The molecule has 0 saturated carbocycles. The van der Waals surface area contributed by atoms with Crippen LogP contribution in [0.1, 0.15) is 74.8 Å². The number of rotatable bonds is 1. The van der Waals surface area contributed by atoms with Gasteiger partial charge in [0, 0.05) is 11.1 Å². The van der Waals surface area contributed by atoms with E-state index in [1.807, 2.05) is 26.0 Å². The van der Waals surface area contributed by atoms with Gasteiger partial charge in [-0.15, -0.1) is 0 Å². The third kappa shape index (κ3) is 3.27. The van der Waals surface area contributed by atoms with E-state index in [1.54, 1.807) is 6.92 Å². The second kappa shape index (κ2) is 6.28. The predicted molar refractivity (Wildman–Crippen MR) is 90.7 cm³/mol. The molecule has 2 heteroatoms. The van der Waals surface area contributed by atoms with Gasteiger partial charge in [-0.1, -0.05) is 43.9 Å². The van der Waals surface area contributed by atoms with E-state index in [2.05, 4.69) is 31.8 Å². The number of hydrogen-bond acceptors (Lipinski definition) is 2. The van der Waals surface area contributed by atoms with Crippen LogP contribution in [0, 0.1) is 18.8 Å². The maximum Gasteiger partial charge on any atom is 0.109 e. The van der Waals surface area contributed by atoms with Gasteiger partial charge in [0.25, 0.3) is 0 Å². The number of allylic oxidation sites excluding steroid dienone is 2. The molecule has 0 aliphatic heterocycles. The van der Waals surface area contributed by atoms with Gasteiger partial charge >= 0.3 is 0 Å². The summed E-state index contributed by atoms with van der Waals surface area (Å²) in [7, 11) is 0. The fourth-order valence-electron chi connectivity index (χ4n) is 2.95. The highest BCUT2D eigenvalue weighted by atomic mass is 16.3. The van der Waals surface area contributed by atoms with Crippen molar-refractivity contribution in [2.75, 3.05) is 0 Å². The zero-order chi connectivity index (χ0) is 16.5. The second-order valence-electron chi connectivity index (χ2n) is 6.85. The number of aryl methyl sites for hydroxylation is 1. The minimum absolute atomic E-state index is 0.265. The second-order valence-corrected chi connectivity index (χ2v) is 6.85. The van der Waals surface area contributed by atoms with Gasteiger partial charge < -0.3 is 10.2 Å². The van der Waals surface area contributed by atoms with Crippen LogP contribution in [0.3, 0.4) is 0 Å². The molecule has 0 saturated heterocycles. The molecule has 2 nitrogen and oxygen atoms in total. The fraction of sp³-hybridized carbons (Fsp3) is 0.500. The molecule has 2 atom stereocenters. The molecule has 0 heterocycles. The molecule has 0 unspecified atom stereocenters. The molecule has 0 spiro atoms. The Morgan fingerprint density at radius 1 is 1.23 bits per heavy atom. The quantitative estimate of drug-likeness (QED) is 0.770. The van der Waals surface area contributed by atoms with E-state index in [9.17, 15) is 10.2 Å². The molecule has 0 aromatic heterocycles. The van der Waals surface area contributed by atoms with E-state index in [4.69, 9.17) is 0 Å². The van der Waals surface area contributed by atoms with Crippen molar-refractivity contribution in [2.24, 2.45) is 0 Å². The van der Waals surface area contributed by atoms with Gasteiger partial charge in [0.05, 0.1) is 5.60 Å². The van der Waals surface area contributed by atoms with Crippen LogP contribution in [0.25, 0.3) is 0 Å². The zero-order valence-corrected chi connectivity index (χ0v) is 14.2. The molecule has 0 amide bonds. The highest BCUT2D eigenvalue weighted by Crippen LogP contribution is 2.37. The summed E-state index contributed by atoms with van der Waals surface area (Å²) in [6, 6.07) is 4.10. The summed E-state index contributed by atoms with van der Waals surface area (Å²) in [5, 5.41) is 21.7. The Morgan fingerprint density at radius 3 is 2.55 bits per heavy atom. The predicted octanol–water partition coefficient (Wildman–Crippen LogP) is 3.99. The molecule has 22 heavy (non-hydrogen) atoms. The summed E-state index contributed by atoms with van der Waals surface area (Å²) in [6.07, 6.45) is 2.32. The highest BCUT2D eigenvalue weighted by molar-refractivity contribution is 5.54. The summed E-state index contributed by atoms with van der Waals surface area (Å²) in [5.74, 6) is 6.67. The molecule has 1 aromatic carbocycles. The van der Waals surface area contributed by atoms with Gasteiger partial charge in [0.2, 0.25) is 0 Å². The van der Waals surface area contributed by atoms with Gasteiger partial charge in [-0.05, 0) is 56.2 Å². The molecule has 1 aromatic rings. The van der Waals surface area contributed by atoms with Crippen molar-refractivity contribution in [3.63, 3.8) is 0 Å². The summed E-state index contributed by atoms with van der Waals surface area (Å²) in [6.45, 7) is 9.91. The molecule has 118 valence electrons. The van der Waals surface area contributed by atoms with Crippen molar-refractivity contribution >= 4 is 0 Å². The largest absolute Gasteiger partial charge is 0.387 e. The number of benzene rings is 1. The minimum atomic E-state index is -1.16. The normalized spacial score (nSPS) is 27.5. The average Bonchev–Trinajstić information content (AvgIpc) is 2.43. The van der Waals surface area contributed by atoms with Crippen LogP contribution in [0.15, 0.2) is 23.8 Å². The van der Waals surface area contributed by atoms with Gasteiger partial charge in [0.1, 0.15) is 6.10 Å². The van der Waals surface area contributed by atoms with Crippen LogP contribution >= 0.6 is 0 Å². The van der Waals surface area contributed by atoms with Crippen molar-refractivity contribution < 1.29 is 10.2 Å². The Balaban J connectivity index is 2.78. The van der Waals surface area contributed by atoms with E-state index >= 15 is 0 Å². The minimum Gasteiger partial charge on any atom is -0.387 e. The standard InChI is InChI=1S/C20H26O2/c1-13(2)16-11-9-15(4)17-10-8-14(3)7-6-12-20(5,22)19(21)18(16)17/h7,9,11,13,19,21-22H,6,12H2,1-5H3/b14-7-/t19-,20-/m1/s1. The topological polar surface area (TPSA) is 40.5 Å². The van der Waals surface area contributed by atoms with Crippen LogP contribution < -0.4 is 0 Å². The summed E-state index contributed by atoms with van der Waals surface area (Å²) in [4.78, 5) is 0. The van der Waals surface area contributed by atoms with E-state index in [1.165, 1.54) is 0 Å². The number of hydrogen-bond donors (Lipinski definition) is 2. The van der Waals surface area contributed by atoms with Gasteiger partial charge in [-0.3, -0.25) is 0 Å². The van der Waals surface area contributed by atoms with E-state index < -0.39 is 11.7 Å². The third-order valence-corrected chi connectivity index (χ3v) is 4.46. The Labute approximate surface area is 133 Å². The fourth-order valence-corrected chi connectivity index (χ4v) is 2.95. The lowest BCUT2D eigenvalue weighted by molar-refractivity contribution is -0.0689. The van der Waals surface area contributed by atoms with Crippen molar-refractivity contribution in [3.05, 3.63) is 46.0 Å². The number of fused-ring (bicyclic) bond motifs is 1. The first kappa shape index (κ1) is 16.8. The molecule has 2 rings (SSSR count).